The average molecular weight is 335 g/mol. The van der Waals surface area contributed by atoms with Gasteiger partial charge in [-0.3, -0.25) is 9.89 Å². The molecule has 3 rings (SSSR count). The Morgan fingerprint density at radius 1 is 1.12 bits per heavy atom. The van der Waals surface area contributed by atoms with Gasteiger partial charge in [0.15, 0.2) is 0 Å². The fourth-order valence-corrected chi connectivity index (χ4v) is 2.56. The van der Waals surface area contributed by atoms with Crippen LogP contribution in [-0.2, 0) is 0 Å². The van der Waals surface area contributed by atoms with Crippen molar-refractivity contribution in [2.75, 3.05) is 7.11 Å². The van der Waals surface area contributed by atoms with Crippen molar-refractivity contribution in [1.29, 1.82) is 0 Å². The number of amides is 1. The molecule has 5 heteroatoms. The van der Waals surface area contributed by atoms with Crippen LogP contribution in [0.1, 0.15) is 34.6 Å². The van der Waals surface area contributed by atoms with Crippen LogP contribution >= 0.6 is 0 Å². The molecule has 0 saturated carbocycles. The molecule has 0 aliphatic heterocycles. The van der Waals surface area contributed by atoms with Gasteiger partial charge in [-0.2, -0.15) is 5.10 Å². The number of ether oxygens (including phenoxy) is 1. The molecule has 0 saturated heterocycles. The van der Waals surface area contributed by atoms with Gasteiger partial charge in [0.05, 0.1) is 18.8 Å². The Bertz CT molecular complexity index is 851. The van der Waals surface area contributed by atoms with Crippen LogP contribution in [0.3, 0.4) is 0 Å². The molecule has 3 aromatic rings. The highest BCUT2D eigenvalue weighted by Gasteiger charge is 2.14. The van der Waals surface area contributed by atoms with Gasteiger partial charge >= 0.3 is 0 Å². The number of nitrogens with one attached hydrogen (secondary N) is 2. The molecule has 0 spiro atoms. The summed E-state index contributed by atoms with van der Waals surface area (Å²) >= 11 is 0. The second-order valence-corrected chi connectivity index (χ2v) is 6.00. The minimum atomic E-state index is -0.186. The molecule has 0 aliphatic carbocycles. The number of aromatic amines is 1. The number of methoxy groups -OCH3 is 1. The van der Waals surface area contributed by atoms with Crippen LogP contribution in [0.5, 0.6) is 5.75 Å². The van der Waals surface area contributed by atoms with Crippen molar-refractivity contribution >= 4 is 5.91 Å². The van der Waals surface area contributed by atoms with Crippen LogP contribution in [0, 0.1) is 6.92 Å². The third-order valence-electron chi connectivity index (χ3n) is 4.13. The lowest BCUT2D eigenvalue weighted by Crippen LogP contribution is -2.26. The van der Waals surface area contributed by atoms with Gasteiger partial charge < -0.3 is 10.1 Å². The summed E-state index contributed by atoms with van der Waals surface area (Å²) in [5, 5.41) is 10.0. The summed E-state index contributed by atoms with van der Waals surface area (Å²) in [5.74, 6) is 0.604. The number of rotatable bonds is 5. The SMILES string of the molecule is COc1ccc([C@H](C)NC(=O)c2cc(-c3ccc(C)cc3)n[nH]2)cc1. The van der Waals surface area contributed by atoms with Crippen LogP contribution in [-0.4, -0.2) is 23.2 Å². The van der Waals surface area contributed by atoms with E-state index in [1.54, 1.807) is 13.2 Å². The van der Waals surface area contributed by atoms with E-state index in [9.17, 15) is 4.79 Å². The van der Waals surface area contributed by atoms with Crippen molar-refractivity contribution in [1.82, 2.24) is 15.5 Å². The smallest absolute Gasteiger partial charge is 0.269 e. The summed E-state index contributed by atoms with van der Waals surface area (Å²) in [4.78, 5) is 12.4. The third-order valence-corrected chi connectivity index (χ3v) is 4.13. The maximum absolute atomic E-state index is 12.4. The quantitative estimate of drug-likeness (QED) is 0.743. The van der Waals surface area contributed by atoms with E-state index in [1.165, 1.54) is 5.56 Å². The van der Waals surface area contributed by atoms with E-state index >= 15 is 0 Å². The van der Waals surface area contributed by atoms with Crippen molar-refractivity contribution < 1.29 is 9.53 Å². The van der Waals surface area contributed by atoms with Crippen LogP contribution in [0.2, 0.25) is 0 Å². The molecule has 0 unspecified atom stereocenters. The second-order valence-electron chi connectivity index (χ2n) is 6.00. The van der Waals surface area contributed by atoms with Crippen molar-refractivity contribution in [3.05, 3.63) is 71.4 Å². The second kappa shape index (κ2) is 7.21. The molecule has 0 bridgehead atoms. The first-order chi connectivity index (χ1) is 12.1. The molecule has 128 valence electrons. The zero-order valence-corrected chi connectivity index (χ0v) is 14.5. The van der Waals surface area contributed by atoms with E-state index in [-0.39, 0.29) is 11.9 Å². The van der Waals surface area contributed by atoms with Crippen molar-refractivity contribution in [3.8, 4) is 17.0 Å². The number of aromatic nitrogens is 2. The highest BCUT2D eigenvalue weighted by molar-refractivity contribution is 5.93. The van der Waals surface area contributed by atoms with Crippen molar-refractivity contribution in [3.63, 3.8) is 0 Å². The Morgan fingerprint density at radius 3 is 2.44 bits per heavy atom. The number of hydrogen-bond acceptors (Lipinski definition) is 3. The van der Waals surface area contributed by atoms with Gasteiger partial charge in [0.2, 0.25) is 0 Å². The number of nitrogens with zero attached hydrogens (tertiary/aromatic N) is 1. The first-order valence-corrected chi connectivity index (χ1v) is 8.14. The van der Waals surface area contributed by atoms with Gasteiger partial charge in [0.25, 0.3) is 5.91 Å². The van der Waals surface area contributed by atoms with Crippen molar-refractivity contribution in [2.24, 2.45) is 0 Å². The lowest BCUT2D eigenvalue weighted by atomic mass is 10.1. The molecular weight excluding hydrogens is 314 g/mol. The van der Waals surface area contributed by atoms with Gasteiger partial charge in [-0.15, -0.1) is 0 Å². The molecule has 5 nitrogen and oxygen atoms in total. The largest absolute Gasteiger partial charge is 0.497 e. The Hall–Kier alpha value is -3.08. The topological polar surface area (TPSA) is 67.0 Å². The zero-order valence-electron chi connectivity index (χ0n) is 14.5. The number of hydrogen-bond donors (Lipinski definition) is 2. The predicted octanol–water partition coefficient (Wildman–Crippen LogP) is 3.88. The molecule has 25 heavy (non-hydrogen) atoms. The molecule has 2 aromatic carbocycles. The summed E-state index contributed by atoms with van der Waals surface area (Å²) in [6.45, 7) is 3.98. The molecule has 1 aromatic heterocycles. The maximum Gasteiger partial charge on any atom is 0.269 e. The number of benzene rings is 2. The van der Waals surface area contributed by atoms with Crippen LogP contribution in [0.4, 0.5) is 0 Å². The first-order valence-electron chi connectivity index (χ1n) is 8.14. The summed E-state index contributed by atoms with van der Waals surface area (Å²) < 4.78 is 5.15. The van der Waals surface area contributed by atoms with E-state index in [0.29, 0.717) is 5.69 Å². The fraction of sp³-hybridized carbons (Fsp3) is 0.200. The van der Waals surface area contributed by atoms with Gasteiger partial charge in [-0.1, -0.05) is 42.0 Å². The van der Waals surface area contributed by atoms with E-state index in [0.717, 1.165) is 22.6 Å². The van der Waals surface area contributed by atoms with E-state index in [4.69, 9.17) is 4.74 Å². The number of H-pyrrole nitrogens is 1. The van der Waals surface area contributed by atoms with Gasteiger partial charge in [-0.25, -0.2) is 0 Å². The van der Waals surface area contributed by atoms with Gasteiger partial charge in [-0.05, 0) is 37.6 Å². The predicted molar refractivity (Wildman–Crippen MR) is 97.6 cm³/mol. The summed E-state index contributed by atoms with van der Waals surface area (Å²) in [6.07, 6.45) is 0. The molecule has 0 aliphatic rings. The summed E-state index contributed by atoms with van der Waals surface area (Å²) in [7, 11) is 1.63. The molecule has 1 atom stereocenters. The van der Waals surface area contributed by atoms with Crippen LogP contribution < -0.4 is 10.1 Å². The third kappa shape index (κ3) is 3.88. The highest BCUT2D eigenvalue weighted by Crippen LogP contribution is 2.20. The zero-order chi connectivity index (χ0) is 17.8. The fourth-order valence-electron chi connectivity index (χ4n) is 2.56. The monoisotopic (exact) mass is 335 g/mol. The Morgan fingerprint density at radius 2 is 1.80 bits per heavy atom. The van der Waals surface area contributed by atoms with Gasteiger partial charge in [0.1, 0.15) is 11.4 Å². The molecule has 1 heterocycles. The number of aryl methyl sites for hydroxylation is 1. The van der Waals surface area contributed by atoms with E-state index in [2.05, 4.69) is 15.5 Å². The molecule has 0 radical (unpaired) electrons. The highest BCUT2D eigenvalue weighted by atomic mass is 16.5. The van der Waals surface area contributed by atoms with Crippen molar-refractivity contribution in [2.45, 2.75) is 19.9 Å². The molecule has 1 amide bonds. The first kappa shape index (κ1) is 16.8. The summed E-state index contributed by atoms with van der Waals surface area (Å²) in [6, 6.07) is 17.3. The average Bonchev–Trinajstić information content (AvgIpc) is 3.12. The standard InChI is InChI=1S/C20H21N3O2/c1-13-4-6-16(7-5-13)18-12-19(23-22-18)20(24)21-14(2)15-8-10-17(25-3)11-9-15/h4-12,14H,1-3H3,(H,21,24)(H,22,23)/t14-/m0/s1. The minimum Gasteiger partial charge on any atom is -0.497 e. The van der Waals surface area contributed by atoms with Crippen LogP contribution in [0.15, 0.2) is 54.6 Å². The Balaban J connectivity index is 1.69. The molecule has 2 N–H and O–H groups in total. The summed E-state index contributed by atoms with van der Waals surface area (Å²) in [5.41, 5.74) is 4.36. The Labute approximate surface area is 147 Å². The normalized spacial score (nSPS) is 11.8. The lowest BCUT2D eigenvalue weighted by molar-refractivity contribution is 0.0935. The maximum atomic E-state index is 12.4. The molecular formula is C20H21N3O2. The Kier molecular flexibility index (Phi) is 4.84. The lowest BCUT2D eigenvalue weighted by Gasteiger charge is -2.14. The van der Waals surface area contributed by atoms with Crippen LogP contribution in [0.25, 0.3) is 11.3 Å². The molecule has 0 fully saturated rings. The van der Waals surface area contributed by atoms with Gasteiger partial charge in [0, 0.05) is 5.56 Å². The minimum absolute atomic E-state index is 0.121. The number of carbonyl (C=O) groups is 1. The van der Waals surface area contributed by atoms with E-state index in [1.807, 2.05) is 62.4 Å². The number of carbonyl (C=O) groups excluding carboxylic acids is 1. The van der Waals surface area contributed by atoms with E-state index < -0.39 is 0 Å².